The summed E-state index contributed by atoms with van der Waals surface area (Å²) in [5.41, 5.74) is 1.09. The predicted molar refractivity (Wildman–Crippen MR) is 59.2 cm³/mol. The number of hydrogen-bond acceptors (Lipinski definition) is 4. The van der Waals surface area contributed by atoms with Crippen molar-refractivity contribution in [2.24, 2.45) is 0 Å². The Morgan fingerprint density at radius 2 is 2.12 bits per heavy atom. The quantitative estimate of drug-likeness (QED) is 0.835. The van der Waals surface area contributed by atoms with Crippen molar-refractivity contribution in [3.8, 4) is 0 Å². The lowest BCUT2D eigenvalue weighted by molar-refractivity contribution is 0.0663. The van der Waals surface area contributed by atoms with Gasteiger partial charge in [-0.25, -0.2) is 0 Å². The average molecular weight is 226 g/mol. The summed E-state index contributed by atoms with van der Waals surface area (Å²) < 4.78 is 4.96. The Kier molecular flexibility index (Phi) is 4.06. The molecule has 1 rings (SSSR count). The lowest BCUT2D eigenvalue weighted by Gasteiger charge is -2.25. The number of carbonyl (C=O) groups is 1. The van der Waals surface area contributed by atoms with Crippen molar-refractivity contribution in [1.29, 1.82) is 0 Å². The zero-order chi connectivity index (χ0) is 12.3. The molecule has 5 heteroatoms. The van der Waals surface area contributed by atoms with Crippen LogP contribution in [0.25, 0.3) is 0 Å². The highest BCUT2D eigenvalue weighted by Gasteiger charge is 2.24. The van der Waals surface area contributed by atoms with E-state index in [1.165, 1.54) is 0 Å². The van der Waals surface area contributed by atoms with Crippen molar-refractivity contribution < 1.29 is 14.4 Å². The predicted octanol–water partition coefficient (Wildman–Crippen LogP) is 1.13. The Hall–Kier alpha value is -1.36. The van der Waals surface area contributed by atoms with Crippen molar-refractivity contribution in [2.45, 2.75) is 33.7 Å². The van der Waals surface area contributed by atoms with E-state index in [9.17, 15) is 4.79 Å². The summed E-state index contributed by atoms with van der Waals surface area (Å²) in [6.07, 6.45) is 0. The number of aliphatic hydroxyl groups is 1. The van der Waals surface area contributed by atoms with Crippen LogP contribution in [-0.4, -0.2) is 40.3 Å². The highest BCUT2D eigenvalue weighted by Crippen LogP contribution is 2.16. The number of nitrogens with zero attached hydrogens (tertiary/aromatic N) is 2. The van der Waals surface area contributed by atoms with Gasteiger partial charge in [0.15, 0.2) is 0 Å². The second kappa shape index (κ2) is 5.12. The molecule has 1 aromatic heterocycles. The van der Waals surface area contributed by atoms with E-state index >= 15 is 0 Å². The molecule has 16 heavy (non-hydrogen) atoms. The molecule has 5 nitrogen and oxygen atoms in total. The molecule has 0 radical (unpaired) electrons. The van der Waals surface area contributed by atoms with Crippen LogP contribution in [0.2, 0.25) is 0 Å². The van der Waals surface area contributed by atoms with Crippen molar-refractivity contribution in [1.82, 2.24) is 10.1 Å². The van der Waals surface area contributed by atoms with Gasteiger partial charge in [0.1, 0.15) is 11.3 Å². The lowest BCUT2D eigenvalue weighted by atomic mass is 10.1. The zero-order valence-electron chi connectivity index (χ0n) is 10.1. The largest absolute Gasteiger partial charge is 0.395 e. The van der Waals surface area contributed by atoms with Crippen molar-refractivity contribution in [3.63, 3.8) is 0 Å². The van der Waals surface area contributed by atoms with Gasteiger partial charge in [0, 0.05) is 12.6 Å². The van der Waals surface area contributed by atoms with E-state index in [4.69, 9.17) is 9.63 Å². The smallest absolute Gasteiger partial charge is 0.259 e. The van der Waals surface area contributed by atoms with Crippen LogP contribution >= 0.6 is 0 Å². The summed E-state index contributed by atoms with van der Waals surface area (Å²) in [6, 6.07) is 0.0355. The third-order valence-electron chi connectivity index (χ3n) is 2.47. The van der Waals surface area contributed by atoms with Gasteiger partial charge >= 0.3 is 0 Å². The molecule has 0 aliphatic rings. The van der Waals surface area contributed by atoms with E-state index in [0.29, 0.717) is 23.6 Å². The van der Waals surface area contributed by atoms with Crippen LogP contribution < -0.4 is 0 Å². The maximum absolute atomic E-state index is 12.2. The molecule has 0 spiro atoms. The number of rotatable bonds is 4. The average Bonchev–Trinajstić information content (AvgIpc) is 2.54. The molecule has 1 aromatic rings. The monoisotopic (exact) mass is 226 g/mol. The zero-order valence-corrected chi connectivity index (χ0v) is 10.1. The van der Waals surface area contributed by atoms with E-state index in [1.54, 1.807) is 18.7 Å². The number of aryl methyl sites for hydroxylation is 2. The van der Waals surface area contributed by atoms with Crippen LogP contribution in [0, 0.1) is 13.8 Å². The molecule has 1 N–H and O–H groups in total. The van der Waals surface area contributed by atoms with Gasteiger partial charge in [0.25, 0.3) is 5.91 Å². The third kappa shape index (κ3) is 2.41. The minimum atomic E-state index is -0.139. The summed E-state index contributed by atoms with van der Waals surface area (Å²) >= 11 is 0. The fourth-order valence-corrected chi connectivity index (χ4v) is 1.63. The normalized spacial score (nSPS) is 10.9. The molecule has 0 unspecified atom stereocenters. The van der Waals surface area contributed by atoms with E-state index in [-0.39, 0.29) is 18.6 Å². The second-order valence-electron chi connectivity index (χ2n) is 4.02. The second-order valence-corrected chi connectivity index (χ2v) is 4.02. The van der Waals surface area contributed by atoms with Gasteiger partial charge in [-0.3, -0.25) is 4.79 Å². The van der Waals surface area contributed by atoms with Gasteiger partial charge in [-0.1, -0.05) is 5.16 Å². The number of aliphatic hydroxyl groups excluding tert-OH is 1. The number of carbonyl (C=O) groups excluding carboxylic acids is 1. The Morgan fingerprint density at radius 1 is 1.50 bits per heavy atom. The molecule has 0 aliphatic heterocycles. The van der Waals surface area contributed by atoms with Crippen molar-refractivity contribution >= 4 is 5.91 Å². The minimum absolute atomic E-state index is 0.0355. The first kappa shape index (κ1) is 12.7. The van der Waals surface area contributed by atoms with Crippen LogP contribution in [0.1, 0.15) is 35.7 Å². The topological polar surface area (TPSA) is 66.6 Å². The number of amides is 1. The Morgan fingerprint density at radius 3 is 2.50 bits per heavy atom. The van der Waals surface area contributed by atoms with E-state index < -0.39 is 0 Å². The molecule has 1 heterocycles. The standard InChI is InChI=1S/C11H18N2O3/c1-7(2)13(5-6-14)11(15)10-8(3)12-16-9(10)4/h7,14H,5-6H2,1-4H3. The van der Waals surface area contributed by atoms with Gasteiger partial charge in [0.05, 0.1) is 12.3 Å². The van der Waals surface area contributed by atoms with Gasteiger partial charge in [-0.15, -0.1) is 0 Å². The maximum atomic E-state index is 12.2. The Labute approximate surface area is 95.0 Å². The first-order chi connectivity index (χ1) is 7.49. The van der Waals surface area contributed by atoms with Crippen LogP contribution in [0.15, 0.2) is 4.52 Å². The van der Waals surface area contributed by atoms with E-state index in [1.807, 2.05) is 13.8 Å². The highest BCUT2D eigenvalue weighted by molar-refractivity contribution is 5.96. The molecule has 0 bridgehead atoms. The molecule has 90 valence electrons. The van der Waals surface area contributed by atoms with Gasteiger partial charge in [-0.05, 0) is 27.7 Å². The van der Waals surface area contributed by atoms with E-state index in [0.717, 1.165) is 0 Å². The summed E-state index contributed by atoms with van der Waals surface area (Å²) in [6.45, 7) is 7.54. The molecular weight excluding hydrogens is 208 g/mol. The maximum Gasteiger partial charge on any atom is 0.259 e. The lowest BCUT2D eigenvalue weighted by Crippen LogP contribution is -2.39. The van der Waals surface area contributed by atoms with Crippen LogP contribution in [0.4, 0.5) is 0 Å². The highest BCUT2D eigenvalue weighted by atomic mass is 16.5. The van der Waals surface area contributed by atoms with Gasteiger partial charge in [0.2, 0.25) is 0 Å². The van der Waals surface area contributed by atoms with Crippen LogP contribution in [-0.2, 0) is 0 Å². The summed E-state index contributed by atoms with van der Waals surface area (Å²) in [5.74, 6) is 0.381. The molecule has 0 saturated heterocycles. The minimum Gasteiger partial charge on any atom is -0.395 e. The molecule has 1 amide bonds. The Balaban J connectivity index is 2.99. The molecule has 0 aromatic carbocycles. The molecule has 0 atom stereocenters. The fraction of sp³-hybridized carbons (Fsp3) is 0.636. The summed E-state index contributed by atoms with van der Waals surface area (Å²) in [7, 11) is 0. The van der Waals surface area contributed by atoms with Crippen molar-refractivity contribution in [3.05, 3.63) is 17.0 Å². The number of hydrogen-bond donors (Lipinski definition) is 1. The molecule has 0 fully saturated rings. The first-order valence-corrected chi connectivity index (χ1v) is 5.33. The first-order valence-electron chi connectivity index (χ1n) is 5.33. The molecular formula is C11H18N2O3. The SMILES string of the molecule is Cc1noc(C)c1C(=O)N(CCO)C(C)C. The molecule has 0 saturated carbocycles. The summed E-state index contributed by atoms with van der Waals surface area (Å²) in [4.78, 5) is 13.8. The van der Waals surface area contributed by atoms with Crippen LogP contribution in [0.3, 0.4) is 0 Å². The number of aromatic nitrogens is 1. The van der Waals surface area contributed by atoms with Crippen molar-refractivity contribution in [2.75, 3.05) is 13.2 Å². The van der Waals surface area contributed by atoms with E-state index in [2.05, 4.69) is 5.16 Å². The van der Waals surface area contributed by atoms with Gasteiger partial charge in [-0.2, -0.15) is 0 Å². The van der Waals surface area contributed by atoms with Gasteiger partial charge < -0.3 is 14.5 Å². The van der Waals surface area contributed by atoms with Crippen LogP contribution in [0.5, 0.6) is 0 Å². The molecule has 0 aliphatic carbocycles. The summed E-state index contributed by atoms with van der Waals surface area (Å²) in [5, 5.41) is 12.7. The fourth-order valence-electron chi connectivity index (χ4n) is 1.63. The third-order valence-corrected chi connectivity index (χ3v) is 2.47. The Bertz CT molecular complexity index is 352.